The molecule has 33 heavy (non-hydrogen) atoms. The summed E-state index contributed by atoms with van der Waals surface area (Å²) in [6.07, 6.45) is 6.75. The first-order valence-electron chi connectivity index (χ1n) is 11.3. The predicted octanol–water partition coefficient (Wildman–Crippen LogP) is 3.56. The van der Waals surface area contributed by atoms with E-state index in [0.29, 0.717) is 31.2 Å². The number of amides is 1. The Morgan fingerprint density at radius 1 is 1.24 bits per heavy atom. The van der Waals surface area contributed by atoms with Gasteiger partial charge in [0.1, 0.15) is 18.1 Å². The number of fused-ring (bicyclic) bond motifs is 1. The lowest BCUT2D eigenvalue weighted by Crippen LogP contribution is -2.28. The number of carbonyl (C=O) groups is 1. The molecule has 2 aliphatic rings. The lowest BCUT2D eigenvalue weighted by molar-refractivity contribution is -0.129. The Labute approximate surface area is 194 Å². The summed E-state index contributed by atoms with van der Waals surface area (Å²) in [5.74, 6) is 1.89. The van der Waals surface area contributed by atoms with E-state index < -0.39 is 9.84 Å². The van der Waals surface area contributed by atoms with Gasteiger partial charge in [0.2, 0.25) is 5.91 Å². The zero-order valence-electron chi connectivity index (χ0n) is 18.9. The van der Waals surface area contributed by atoms with Crippen molar-refractivity contribution >= 4 is 27.1 Å². The molecular formula is C24H29N3O5S. The number of hydrogen-bond donors (Lipinski definition) is 0. The van der Waals surface area contributed by atoms with Crippen LogP contribution in [0.3, 0.4) is 0 Å². The van der Waals surface area contributed by atoms with Gasteiger partial charge in [-0.15, -0.1) is 0 Å². The van der Waals surface area contributed by atoms with Crippen molar-refractivity contribution in [3.05, 3.63) is 48.9 Å². The third-order valence-corrected chi connectivity index (χ3v) is 7.60. The summed E-state index contributed by atoms with van der Waals surface area (Å²) >= 11 is 0. The second kappa shape index (κ2) is 9.82. The molecule has 0 radical (unpaired) electrons. The maximum absolute atomic E-state index is 12.1. The van der Waals surface area contributed by atoms with E-state index in [2.05, 4.69) is 4.98 Å². The predicted molar refractivity (Wildman–Crippen MR) is 126 cm³/mol. The van der Waals surface area contributed by atoms with Crippen LogP contribution in [0.25, 0.3) is 0 Å². The van der Waals surface area contributed by atoms with E-state index in [1.54, 1.807) is 31.5 Å². The molecule has 0 bridgehead atoms. The Morgan fingerprint density at radius 3 is 2.82 bits per heavy atom. The smallest absolute Gasteiger partial charge is 0.222 e. The van der Waals surface area contributed by atoms with E-state index in [0.717, 1.165) is 36.6 Å². The largest absolute Gasteiger partial charge is 0.490 e. The molecule has 1 aromatic carbocycles. The highest BCUT2D eigenvalue weighted by atomic mass is 32.2. The number of likely N-dealkylation sites (tertiary alicyclic amines) is 1. The number of nitrogens with zero attached hydrogens (tertiary/aromatic N) is 3. The van der Waals surface area contributed by atoms with Gasteiger partial charge in [-0.25, -0.2) is 13.4 Å². The fraction of sp³-hybridized carbons (Fsp3) is 0.417. The fourth-order valence-corrected chi connectivity index (χ4v) is 4.81. The van der Waals surface area contributed by atoms with Crippen molar-refractivity contribution in [2.24, 2.45) is 5.92 Å². The minimum absolute atomic E-state index is 0.0156. The molecule has 1 unspecified atom stereocenters. The monoisotopic (exact) mass is 471 g/mol. The van der Waals surface area contributed by atoms with Crippen molar-refractivity contribution in [3.8, 4) is 11.5 Å². The van der Waals surface area contributed by atoms with E-state index in [1.165, 1.54) is 0 Å². The molecule has 1 saturated heterocycles. The molecule has 1 atom stereocenters. The van der Waals surface area contributed by atoms with E-state index >= 15 is 0 Å². The summed E-state index contributed by atoms with van der Waals surface area (Å²) in [5, 5.41) is 0.0792. The average Bonchev–Trinajstić information content (AvgIpc) is 3.32. The minimum atomic E-state index is -3.34. The molecule has 1 fully saturated rings. The van der Waals surface area contributed by atoms with Gasteiger partial charge < -0.3 is 19.3 Å². The number of aromatic nitrogens is 1. The number of carbonyl (C=O) groups excluding carboxylic acids is 1. The Bertz CT molecular complexity index is 1130. The van der Waals surface area contributed by atoms with Gasteiger partial charge >= 0.3 is 0 Å². The molecule has 1 amide bonds. The molecule has 0 N–H and O–H groups in total. The lowest BCUT2D eigenvalue weighted by atomic mass is 10.1. The molecule has 4 rings (SSSR count). The summed E-state index contributed by atoms with van der Waals surface area (Å²) in [6, 6.07) is 8.92. The van der Waals surface area contributed by atoms with Gasteiger partial charge in [0.05, 0.1) is 36.1 Å². The normalized spacial score (nSPS) is 18.3. The first-order valence-corrected chi connectivity index (χ1v) is 12.9. The second-order valence-corrected chi connectivity index (χ2v) is 10.3. The Balaban J connectivity index is 1.47. The van der Waals surface area contributed by atoms with Crippen molar-refractivity contribution in [2.45, 2.75) is 31.7 Å². The van der Waals surface area contributed by atoms with Crippen molar-refractivity contribution in [1.29, 1.82) is 0 Å². The second-order valence-electron chi connectivity index (χ2n) is 8.08. The molecule has 2 aliphatic heterocycles. The van der Waals surface area contributed by atoms with Crippen LogP contribution >= 0.6 is 0 Å². The van der Waals surface area contributed by atoms with Gasteiger partial charge in [0.15, 0.2) is 14.9 Å². The summed E-state index contributed by atoms with van der Waals surface area (Å²) < 4.78 is 35.8. The summed E-state index contributed by atoms with van der Waals surface area (Å²) in [6.45, 7) is 6.13. The Morgan fingerprint density at radius 2 is 2.09 bits per heavy atom. The van der Waals surface area contributed by atoms with E-state index in [-0.39, 0.29) is 16.7 Å². The van der Waals surface area contributed by atoms with Crippen LogP contribution in [0.1, 0.15) is 26.7 Å². The number of ether oxygens (including phenoxy) is 2. The van der Waals surface area contributed by atoms with Gasteiger partial charge in [-0.2, -0.15) is 0 Å². The average molecular weight is 472 g/mol. The van der Waals surface area contributed by atoms with Crippen LogP contribution in [0.4, 0.5) is 11.4 Å². The van der Waals surface area contributed by atoms with Crippen molar-refractivity contribution in [3.63, 3.8) is 0 Å². The minimum Gasteiger partial charge on any atom is -0.490 e. The first-order chi connectivity index (χ1) is 15.9. The summed E-state index contributed by atoms with van der Waals surface area (Å²) in [4.78, 5) is 19.9. The zero-order valence-corrected chi connectivity index (χ0v) is 19.8. The molecule has 0 spiro atoms. The molecule has 2 aromatic rings. The van der Waals surface area contributed by atoms with Gasteiger partial charge in [-0.3, -0.25) is 4.79 Å². The topological polar surface area (TPSA) is 89.0 Å². The third kappa shape index (κ3) is 5.13. The van der Waals surface area contributed by atoms with E-state index in [4.69, 9.17) is 9.47 Å². The molecule has 176 valence electrons. The quantitative estimate of drug-likeness (QED) is 0.571. The van der Waals surface area contributed by atoms with E-state index in [9.17, 15) is 13.2 Å². The molecule has 9 heteroatoms. The van der Waals surface area contributed by atoms with Crippen LogP contribution in [0, 0.1) is 5.92 Å². The lowest BCUT2D eigenvalue weighted by Gasteiger charge is -2.31. The highest BCUT2D eigenvalue weighted by Gasteiger charge is 2.24. The highest BCUT2D eigenvalue weighted by molar-refractivity contribution is 7.91. The number of benzene rings is 1. The van der Waals surface area contributed by atoms with Gasteiger partial charge in [0, 0.05) is 25.6 Å². The number of pyridine rings is 1. The molecular weight excluding hydrogens is 442 g/mol. The maximum atomic E-state index is 12.1. The number of rotatable bonds is 7. The summed E-state index contributed by atoms with van der Waals surface area (Å²) in [7, 11) is -3.34. The summed E-state index contributed by atoms with van der Waals surface area (Å²) in [5.41, 5.74) is 1.62. The van der Waals surface area contributed by atoms with Crippen molar-refractivity contribution in [2.75, 3.05) is 36.9 Å². The SMILES string of the molecule is CCC(=O)N1CCC(C=COc2ccc3c(c2)N(c2ccc(S(=O)(=O)CC)nc2)CCO3)C1. The molecule has 0 saturated carbocycles. The van der Waals surface area contributed by atoms with Crippen LogP contribution in [0.5, 0.6) is 11.5 Å². The highest BCUT2D eigenvalue weighted by Crippen LogP contribution is 2.39. The first kappa shape index (κ1) is 23.1. The van der Waals surface area contributed by atoms with Crippen LogP contribution in [0.2, 0.25) is 0 Å². The van der Waals surface area contributed by atoms with Crippen LogP contribution in [-0.4, -0.2) is 56.2 Å². The number of anilines is 2. The van der Waals surface area contributed by atoms with Crippen LogP contribution < -0.4 is 14.4 Å². The maximum Gasteiger partial charge on any atom is 0.222 e. The molecule has 1 aromatic heterocycles. The fourth-order valence-electron chi connectivity index (χ4n) is 4.03. The van der Waals surface area contributed by atoms with Crippen LogP contribution in [-0.2, 0) is 14.6 Å². The zero-order chi connectivity index (χ0) is 23.4. The van der Waals surface area contributed by atoms with Gasteiger partial charge in [-0.05, 0) is 42.7 Å². The van der Waals surface area contributed by atoms with Crippen molar-refractivity contribution < 1.29 is 22.7 Å². The number of hydrogen-bond acceptors (Lipinski definition) is 7. The molecule has 8 nitrogen and oxygen atoms in total. The molecule has 3 heterocycles. The van der Waals surface area contributed by atoms with Crippen LogP contribution in [0.15, 0.2) is 53.9 Å². The third-order valence-electron chi connectivity index (χ3n) is 5.96. The van der Waals surface area contributed by atoms with E-state index in [1.807, 2.05) is 41.0 Å². The van der Waals surface area contributed by atoms with Gasteiger partial charge in [0.25, 0.3) is 0 Å². The Hall–Kier alpha value is -3.07. The Kier molecular flexibility index (Phi) is 6.88. The molecule has 0 aliphatic carbocycles. The number of sulfone groups is 1. The van der Waals surface area contributed by atoms with Crippen molar-refractivity contribution in [1.82, 2.24) is 9.88 Å². The van der Waals surface area contributed by atoms with Gasteiger partial charge in [-0.1, -0.05) is 13.8 Å². The standard InChI is InChI=1S/C24H29N3O5S/c1-3-24(28)26-11-9-18(17-26)10-13-31-20-6-7-22-21(15-20)27(12-14-32-22)19-5-8-23(25-16-19)33(29,30)4-2/h5-8,10,13,15-16,18H,3-4,9,11-12,14,17H2,1-2H3.